The summed E-state index contributed by atoms with van der Waals surface area (Å²) in [6, 6.07) is 3.06. The van der Waals surface area contributed by atoms with E-state index in [9.17, 15) is 9.59 Å². The summed E-state index contributed by atoms with van der Waals surface area (Å²) in [5, 5.41) is 5.85. The lowest BCUT2D eigenvalue weighted by atomic mass is 10.2. The number of halogens is 2. The normalized spacial score (nSPS) is 19.4. The Morgan fingerprint density at radius 3 is 2.76 bits per heavy atom. The maximum Gasteiger partial charge on any atom is 0.249 e. The van der Waals surface area contributed by atoms with Crippen LogP contribution in [0.2, 0.25) is 5.02 Å². The molecule has 1 fully saturated rings. The minimum Gasteiger partial charge on any atom is -0.372 e. The van der Waals surface area contributed by atoms with Gasteiger partial charge in [0.15, 0.2) is 0 Å². The fourth-order valence-electron chi connectivity index (χ4n) is 1.61. The summed E-state index contributed by atoms with van der Waals surface area (Å²) in [5.41, 5.74) is 1.64. The fourth-order valence-corrected chi connectivity index (χ4v) is 2.35. The minimum atomic E-state index is -0.530. The molecule has 0 radical (unpaired) electrons. The van der Waals surface area contributed by atoms with Gasteiger partial charge in [0.1, 0.15) is 6.04 Å². The molecular weight excluding hydrogens is 307 g/mol. The van der Waals surface area contributed by atoms with Gasteiger partial charge in [0, 0.05) is 9.50 Å². The number of nitrogens with one attached hydrogen (secondary N) is 2. The van der Waals surface area contributed by atoms with Crippen molar-refractivity contribution in [2.75, 3.05) is 5.32 Å². The van der Waals surface area contributed by atoms with Gasteiger partial charge in [-0.1, -0.05) is 11.6 Å². The second-order valence-corrected chi connectivity index (χ2v) is 5.16. The molecule has 0 aliphatic carbocycles. The maximum absolute atomic E-state index is 11.4. The van der Waals surface area contributed by atoms with Crippen molar-refractivity contribution in [2.24, 2.45) is 0 Å². The van der Waals surface area contributed by atoms with E-state index < -0.39 is 6.04 Å². The van der Waals surface area contributed by atoms with E-state index in [0.717, 1.165) is 10.0 Å². The van der Waals surface area contributed by atoms with E-state index >= 15 is 0 Å². The Bertz CT molecular complexity index is 504. The van der Waals surface area contributed by atoms with Crippen LogP contribution in [0.4, 0.5) is 5.69 Å². The molecule has 1 aliphatic heterocycles. The molecule has 0 saturated carbocycles. The van der Waals surface area contributed by atoms with Gasteiger partial charge in [0.25, 0.3) is 0 Å². The molecule has 1 atom stereocenters. The van der Waals surface area contributed by atoms with Crippen LogP contribution >= 0.6 is 27.5 Å². The van der Waals surface area contributed by atoms with Crippen LogP contribution in [-0.2, 0) is 9.59 Å². The molecule has 4 nitrogen and oxygen atoms in total. The quantitative estimate of drug-likeness (QED) is 0.823. The summed E-state index contributed by atoms with van der Waals surface area (Å²) in [4.78, 5) is 22.5. The van der Waals surface area contributed by atoms with Crippen LogP contribution in [0.3, 0.4) is 0 Å². The zero-order valence-corrected chi connectivity index (χ0v) is 11.4. The molecule has 1 aliphatic rings. The number of amides is 2. The predicted molar refractivity (Wildman–Crippen MR) is 69.1 cm³/mol. The van der Waals surface area contributed by atoms with E-state index in [1.165, 1.54) is 0 Å². The van der Waals surface area contributed by atoms with Crippen LogP contribution in [0.1, 0.15) is 12.0 Å². The standard InChI is InChI=1S/C11H10BrClN2O2/c1-5-2-6(12)8(3-7(5)13)14-9-4-10(16)15-11(9)17/h2-3,9,14H,4H2,1H3,(H,15,16,17). The smallest absolute Gasteiger partial charge is 0.249 e. The first-order chi connectivity index (χ1) is 7.97. The Kier molecular flexibility index (Phi) is 3.40. The molecule has 0 bridgehead atoms. The zero-order valence-electron chi connectivity index (χ0n) is 9.01. The highest BCUT2D eigenvalue weighted by molar-refractivity contribution is 9.10. The van der Waals surface area contributed by atoms with Crippen LogP contribution in [0.25, 0.3) is 0 Å². The number of benzene rings is 1. The lowest BCUT2D eigenvalue weighted by Crippen LogP contribution is -2.30. The van der Waals surface area contributed by atoms with E-state index in [1.807, 2.05) is 13.0 Å². The van der Waals surface area contributed by atoms with Crippen LogP contribution in [0.15, 0.2) is 16.6 Å². The van der Waals surface area contributed by atoms with Crippen molar-refractivity contribution in [3.8, 4) is 0 Å². The van der Waals surface area contributed by atoms with Crippen LogP contribution in [0, 0.1) is 6.92 Å². The summed E-state index contributed by atoms with van der Waals surface area (Å²) in [6.45, 7) is 1.89. The van der Waals surface area contributed by atoms with Gasteiger partial charge in [0.2, 0.25) is 11.8 Å². The Morgan fingerprint density at radius 1 is 1.47 bits per heavy atom. The van der Waals surface area contributed by atoms with Crippen LogP contribution < -0.4 is 10.6 Å². The van der Waals surface area contributed by atoms with Crippen molar-refractivity contribution in [3.05, 3.63) is 27.2 Å². The molecule has 1 aromatic carbocycles. The summed E-state index contributed by atoms with van der Waals surface area (Å²) in [6.07, 6.45) is 0.150. The topological polar surface area (TPSA) is 58.2 Å². The first kappa shape index (κ1) is 12.4. The van der Waals surface area contributed by atoms with Crippen LogP contribution in [0.5, 0.6) is 0 Å². The van der Waals surface area contributed by atoms with Crippen molar-refractivity contribution in [1.82, 2.24) is 5.32 Å². The number of hydrogen-bond donors (Lipinski definition) is 2. The average molecular weight is 318 g/mol. The first-order valence-electron chi connectivity index (χ1n) is 5.03. The molecule has 90 valence electrons. The van der Waals surface area contributed by atoms with Crippen molar-refractivity contribution in [1.29, 1.82) is 0 Å². The molecule has 1 unspecified atom stereocenters. The summed E-state index contributed by atoms with van der Waals surface area (Å²) >= 11 is 9.39. The average Bonchev–Trinajstić information content (AvgIpc) is 2.54. The number of aryl methyl sites for hydroxylation is 1. The van der Waals surface area contributed by atoms with Gasteiger partial charge in [-0.05, 0) is 40.5 Å². The van der Waals surface area contributed by atoms with Crippen LogP contribution in [-0.4, -0.2) is 17.9 Å². The Balaban J connectivity index is 2.22. The predicted octanol–water partition coefficient (Wildman–Crippen LogP) is 2.24. The summed E-state index contributed by atoms with van der Waals surface area (Å²) < 4.78 is 0.812. The third-order valence-electron chi connectivity index (χ3n) is 2.55. The summed E-state index contributed by atoms with van der Waals surface area (Å²) in [7, 11) is 0. The van der Waals surface area contributed by atoms with Gasteiger partial charge in [-0.15, -0.1) is 0 Å². The highest BCUT2D eigenvalue weighted by atomic mass is 79.9. The number of rotatable bonds is 2. The Labute approximate surface area is 112 Å². The molecule has 6 heteroatoms. The van der Waals surface area contributed by atoms with Gasteiger partial charge in [-0.25, -0.2) is 0 Å². The van der Waals surface area contributed by atoms with Gasteiger partial charge in [0.05, 0.1) is 12.1 Å². The third kappa shape index (κ3) is 2.61. The molecule has 1 aromatic rings. The van der Waals surface area contributed by atoms with Crippen molar-refractivity contribution in [3.63, 3.8) is 0 Å². The van der Waals surface area contributed by atoms with Crippen molar-refractivity contribution in [2.45, 2.75) is 19.4 Å². The SMILES string of the molecule is Cc1cc(Br)c(NC2CC(=O)NC2=O)cc1Cl. The number of carbonyl (C=O) groups is 2. The highest BCUT2D eigenvalue weighted by Gasteiger charge is 2.30. The maximum atomic E-state index is 11.4. The number of carbonyl (C=O) groups excluding carboxylic acids is 2. The highest BCUT2D eigenvalue weighted by Crippen LogP contribution is 2.30. The van der Waals surface area contributed by atoms with Gasteiger partial charge >= 0.3 is 0 Å². The second kappa shape index (κ2) is 4.66. The van der Waals surface area contributed by atoms with Gasteiger partial charge in [-0.3, -0.25) is 14.9 Å². The second-order valence-electron chi connectivity index (χ2n) is 3.89. The molecule has 1 heterocycles. The lowest BCUT2D eigenvalue weighted by molar-refractivity contribution is -0.124. The Hall–Kier alpha value is -1.07. The number of imide groups is 1. The van der Waals surface area contributed by atoms with Gasteiger partial charge < -0.3 is 5.32 Å². The molecule has 2 amide bonds. The fraction of sp³-hybridized carbons (Fsp3) is 0.273. The lowest BCUT2D eigenvalue weighted by Gasteiger charge is -2.13. The Morgan fingerprint density at radius 2 is 2.18 bits per heavy atom. The first-order valence-corrected chi connectivity index (χ1v) is 6.20. The largest absolute Gasteiger partial charge is 0.372 e. The number of anilines is 1. The molecule has 0 aromatic heterocycles. The van der Waals surface area contributed by atoms with E-state index in [1.54, 1.807) is 6.07 Å². The number of hydrogen-bond acceptors (Lipinski definition) is 3. The monoisotopic (exact) mass is 316 g/mol. The van der Waals surface area contributed by atoms with Crippen molar-refractivity contribution >= 4 is 45.0 Å². The van der Waals surface area contributed by atoms with E-state index in [0.29, 0.717) is 10.7 Å². The summed E-state index contributed by atoms with van der Waals surface area (Å²) in [5.74, 6) is -0.569. The third-order valence-corrected chi connectivity index (χ3v) is 3.61. The van der Waals surface area contributed by atoms with E-state index in [-0.39, 0.29) is 18.2 Å². The zero-order chi connectivity index (χ0) is 12.6. The van der Waals surface area contributed by atoms with E-state index in [4.69, 9.17) is 11.6 Å². The molecule has 0 spiro atoms. The van der Waals surface area contributed by atoms with E-state index in [2.05, 4.69) is 26.6 Å². The molecule has 1 saturated heterocycles. The molecular formula is C11H10BrClN2O2. The molecule has 2 N–H and O–H groups in total. The van der Waals surface area contributed by atoms with Gasteiger partial charge in [-0.2, -0.15) is 0 Å². The van der Waals surface area contributed by atoms with Crippen molar-refractivity contribution < 1.29 is 9.59 Å². The minimum absolute atomic E-state index is 0.150. The molecule has 17 heavy (non-hydrogen) atoms. The molecule has 2 rings (SSSR count).